The largest absolute Gasteiger partial charge is 0.328 e. The first kappa shape index (κ1) is 19.9. The molecule has 1 aromatic carbocycles. The molecular weight excluding hydrogens is 314 g/mol. The van der Waals surface area contributed by atoms with Crippen LogP contribution in [0.5, 0.6) is 0 Å². The molecule has 0 aliphatic carbocycles. The maximum absolute atomic E-state index is 12.1. The Morgan fingerprint density at radius 3 is 2.52 bits per heavy atom. The first-order valence-corrected chi connectivity index (χ1v) is 7.84. The maximum atomic E-state index is 12.1. The summed E-state index contributed by atoms with van der Waals surface area (Å²) in [5.41, 5.74) is 6.87. The van der Waals surface area contributed by atoms with Crippen molar-refractivity contribution in [3.05, 3.63) is 23.8 Å². The van der Waals surface area contributed by atoms with E-state index in [2.05, 4.69) is 10.0 Å². The van der Waals surface area contributed by atoms with Gasteiger partial charge in [0.2, 0.25) is 15.9 Å². The lowest BCUT2D eigenvalue weighted by molar-refractivity contribution is -0.114. The van der Waals surface area contributed by atoms with Crippen LogP contribution < -0.4 is 15.8 Å². The number of carbonyl (C=O) groups is 1. The number of anilines is 1. The van der Waals surface area contributed by atoms with Gasteiger partial charge in [-0.1, -0.05) is 6.07 Å². The molecule has 0 aliphatic heterocycles. The van der Waals surface area contributed by atoms with Gasteiger partial charge < -0.3 is 11.1 Å². The average molecular weight is 336 g/mol. The molecule has 0 bridgehead atoms. The summed E-state index contributed by atoms with van der Waals surface area (Å²) in [6.45, 7) is 5.27. The zero-order valence-electron chi connectivity index (χ0n) is 12.3. The van der Waals surface area contributed by atoms with Crippen molar-refractivity contribution >= 4 is 34.0 Å². The van der Waals surface area contributed by atoms with Gasteiger partial charge in [0.05, 0.1) is 4.90 Å². The topological polar surface area (TPSA) is 101 Å². The smallest absolute Gasteiger partial charge is 0.240 e. The first-order valence-electron chi connectivity index (χ1n) is 6.36. The number of hydrogen-bond acceptors (Lipinski definition) is 4. The van der Waals surface area contributed by atoms with Crippen LogP contribution in [0.25, 0.3) is 0 Å². The second-order valence-electron chi connectivity index (χ2n) is 4.82. The van der Waals surface area contributed by atoms with Crippen molar-refractivity contribution in [1.29, 1.82) is 0 Å². The summed E-state index contributed by atoms with van der Waals surface area (Å²) in [7, 11) is -3.59. The second-order valence-corrected chi connectivity index (χ2v) is 6.59. The average Bonchev–Trinajstić information content (AvgIpc) is 2.30. The summed E-state index contributed by atoms with van der Waals surface area (Å²) in [6.07, 6.45) is 0.559. The third-order valence-corrected chi connectivity index (χ3v) is 4.18. The number of hydrogen-bond donors (Lipinski definition) is 3. The van der Waals surface area contributed by atoms with Crippen LogP contribution in [0.4, 0.5) is 5.69 Å². The molecule has 8 heteroatoms. The van der Waals surface area contributed by atoms with Gasteiger partial charge in [-0.25, -0.2) is 13.1 Å². The van der Waals surface area contributed by atoms with Gasteiger partial charge in [-0.3, -0.25) is 4.79 Å². The number of nitrogens with one attached hydrogen (secondary N) is 2. The van der Waals surface area contributed by atoms with Crippen molar-refractivity contribution in [2.45, 2.75) is 38.1 Å². The molecular formula is C13H22ClN3O3S. The monoisotopic (exact) mass is 335 g/mol. The highest BCUT2D eigenvalue weighted by Crippen LogP contribution is 2.20. The van der Waals surface area contributed by atoms with Crippen LogP contribution in [-0.2, 0) is 14.8 Å². The maximum Gasteiger partial charge on any atom is 0.240 e. The SMILES string of the molecule is CC(=O)Nc1cc(S(=O)(=O)NCCC(C)N)ccc1C.Cl. The number of aryl methyl sites for hydroxylation is 1. The van der Waals surface area contributed by atoms with Crippen LogP contribution in [0, 0.1) is 6.92 Å². The first-order chi connectivity index (χ1) is 9.22. The molecule has 0 aliphatic rings. The molecule has 0 spiro atoms. The minimum Gasteiger partial charge on any atom is -0.328 e. The van der Waals surface area contributed by atoms with Gasteiger partial charge in [-0.15, -0.1) is 12.4 Å². The van der Waals surface area contributed by atoms with Crippen LogP contribution in [-0.4, -0.2) is 26.9 Å². The third-order valence-electron chi connectivity index (χ3n) is 2.72. The number of carbonyl (C=O) groups excluding carboxylic acids is 1. The molecule has 1 unspecified atom stereocenters. The molecule has 0 saturated carbocycles. The Kier molecular flexibility index (Phi) is 7.87. The Morgan fingerprint density at radius 2 is 2.00 bits per heavy atom. The van der Waals surface area contributed by atoms with E-state index in [1.807, 2.05) is 6.92 Å². The predicted molar refractivity (Wildman–Crippen MR) is 86.2 cm³/mol. The Labute approximate surface area is 132 Å². The van der Waals surface area contributed by atoms with Crippen molar-refractivity contribution in [2.75, 3.05) is 11.9 Å². The van der Waals surface area contributed by atoms with Crippen LogP contribution >= 0.6 is 12.4 Å². The molecule has 1 rings (SSSR count). The Morgan fingerprint density at radius 1 is 1.38 bits per heavy atom. The van der Waals surface area contributed by atoms with Crippen LogP contribution in [0.1, 0.15) is 25.8 Å². The predicted octanol–water partition coefficient (Wildman–Crippen LogP) is 1.39. The zero-order valence-corrected chi connectivity index (χ0v) is 14.0. The molecule has 0 aromatic heterocycles. The summed E-state index contributed by atoms with van der Waals surface area (Å²) < 4.78 is 26.7. The van der Waals surface area contributed by atoms with Crippen molar-refractivity contribution in [3.8, 4) is 0 Å². The molecule has 1 amide bonds. The van der Waals surface area contributed by atoms with Gasteiger partial charge in [0, 0.05) is 25.2 Å². The number of benzene rings is 1. The standard InChI is InChI=1S/C13H21N3O3S.ClH/c1-9-4-5-12(8-13(9)16-11(3)17)20(18,19)15-7-6-10(2)14;/h4-5,8,10,15H,6-7,14H2,1-3H3,(H,16,17);1H. The lowest BCUT2D eigenvalue weighted by Gasteiger charge is -2.11. The molecule has 0 radical (unpaired) electrons. The van der Waals surface area contributed by atoms with Gasteiger partial charge in [0.1, 0.15) is 0 Å². The highest BCUT2D eigenvalue weighted by Gasteiger charge is 2.15. The molecule has 120 valence electrons. The molecule has 6 nitrogen and oxygen atoms in total. The number of amides is 1. The quantitative estimate of drug-likeness (QED) is 0.731. The van der Waals surface area contributed by atoms with Crippen LogP contribution in [0.3, 0.4) is 0 Å². The van der Waals surface area contributed by atoms with E-state index in [0.717, 1.165) is 5.56 Å². The molecule has 21 heavy (non-hydrogen) atoms. The number of halogens is 1. The zero-order chi connectivity index (χ0) is 15.3. The fraction of sp³-hybridized carbons (Fsp3) is 0.462. The highest BCUT2D eigenvalue weighted by molar-refractivity contribution is 7.89. The number of rotatable bonds is 6. The number of nitrogens with two attached hydrogens (primary N) is 1. The Bertz CT molecular complexity index is 588. The fourth-order valence-corrected chi connectivity index (χ4v) is 2.67. The van der Waals surface area contributed by atoms with Crippen LogP contribution in [0.15, 0.2) is 23.1 Å². The fourth-order valence-electron chi connectivity index (χ4n) is 1.60. The molecule has 0 fully saturated rings. The van der Waals surface area contributed by atoms with E-state index in [0.29, 0.717) is 12.1 Å². The van der Waals surface area contributed by atoms with E-state index in [4.69, 9.17) is 5.73 Å². The third kappa shape index (κ3) is 6.43. The number of sulfonamides is 1. The van der Waals surface area contributed by atoms with Gasteiger partial charge in [0.25, 0.3) is 0 Å². The Hall–Kier alpha value is -1.15. The van der Waals surface area contributed by atoms with E-state index in [-0.39, 0.29) is 35.8 Å². The summed E-state index contributed by atoms with van der Waals surface area (Å²) in [6, 6.07) is 4.55. The minimum absolute atomic E-state index is 0. The van der Waals surface area contributed by atoms with E-state index in [9.17, 15) is 13.2 Å². The molecule has 1 atom stereocenters. The van der Waals surface area contributed by atoms with Gasteiger partial charge in [0.15, 0.2) is 0 Å². The molecule has 0 saturated heterocycles. The lowest BCUT2D eigenvalue weighted by atomic mass is 10.2. The van der Waals surface area contributed by atoms with E-state index < -0.39 is 10.0 Å². The van der Waals surface area contributed by atoms with Crippen molar-refractivity contribution in [1.82, 2.24) is 4.72 Å². The molecule has 0 heterocycles. The summed E-state index contributed by atoms with van der Waals surface area (Å²) >= 11 is 0. The second kappa shape index (κ2) is 8.33. The van der Waals surface area contributed by atoms with Crippen LogP contribution in [0.2, 0.25) is 0 Å². The molecule has 1 aromatic rings. The van der Waals surface area contributed by atoms with Crippen molar-refractivity contribution in [3.63, 3.8) is 0 Å². The molecule has 4 N–H and O–H groups in total. The van der Waals surface area contributed by atoms with E-state index in [1.165, 1.54) is 19.1 Å². The van der Waals surface area contributed by atoms with Gasteiger partial charge in [-0.05, 0) is 38.0 Å². The highest BCUT2D eigenvalue weighted by atomic mass is 35.5. The van der Waals surface area contributed by atoms with Gasteiger partial charge >= 0.3 is 0 Å². The van der Waals surface area contributed by atoms with E-state index >= 15 is 0 Å². The summed E-state index contributed by atoms with van der Waals surface area (Å²) in [5.74, 6) is -0.243. The lowest BCUT2D eigenvalue weighted by Crippen LogP contribution is -2.29. The summed E-state index contributed by atoms with van der Waals surface area (Å²) in [4.78, 5) is 11.2. The van der Waals surface area contributed by atoms with Crippen molar-refractivity contribution < 1.29 is 13.2 Å². The Balaban J connectivity index is 0.00000400. The minimum atomic E-state index is -3.59. The normalized spacial score (nSPS) is 12.4. The van der Waals surface area contributed by atoms with E-state index in [1.54, 1.807) is 13.0 Å². The van der Waals surface area contributed by atoms with Crippen molar-refractivity contribution in [2.24, 2.45) is 5.73 Å². The van der Waals surface area contributed by atoms with Gasteiger partial charge in [-0.2, -0.15) is 0 Å². The summed E-state index contributed by atoms with van der Waals surface area (Å²) in [5, 5.41) is 2.61.